The van der Waals surface area contributed by atoms with Gasteiger partial charge in [0.05, 0.1) is 16.8 Å². The van der Waals surface area contributed by atoms with E-state index in [-0.39, 0.29) is 5.92 Å². The van der Waals surface area contributed by atoms with E-state index in [1.165, 1.54) is 18.2 Å². The fourth-order valence-electron chi connectivity index (χ4n) is 4.05. The maximum Gasteiger partial charge on any atom is 0.416 e. The summed E-state index contributed by atoms with van der Waals surface area (Å²) in [5.41, 5.74) is 0.955. The van der Waals surface area contributed by atoms with Crippen LogP contribution in [0.4, 0.5) is 26.3 Å². The average molecular weight is 453 g/mol. The van der Waals surface area contributed by atoms with E-state index in [4.69, 9.17) is 0 Å². The number of aromatic amines is 1. The molecule has 1 saturated heterocycles. The number of halogens is 6. The lowest BCUT2D eigenvalue weighted by Crippen LogP contribution is -2.32. The van der Waals surface area contributed by atoms with E-state index in [1.807, 2.05) is 0 Å². The summed E-state index contributed by atoms with van der Waals surface area (Å²) in [4.78, 5) is 2.11. The first-order chi connectivity index (χ1) is 15.1. The molecule has 0 bridgehead atoms. The molecule has 170 valence electrons. The number of aromatic nitrogens is 2. The van der Waals surface area contributed by atoms with Crippen molar-refractivity contribution >= 4 is 0 Å². The number of nitrogens with zero attached hydrogens (tertiary/aromatic N) is 2. The molecule has 32 heavy (non-hydrogen) atoms. The predicted molar refractivity (Wildman–Crippen MR) is 108 cm³/mol. The van der Waals surface area contributed by atoms with Gasteiger partial charge in [0.1, 0.15) is 0 Å². The van der Waals surface area contributed by atoms with Crippen molar-refractivity contribution in [3.8, 4) is 11.3 Å². The van der Waals surface area contributed by atoms with E-state index in [1.54, 1.807) is 18.2 Å². The molecule has 0 radical (unpaired) electrons. The lowest BCUT2D eigenvalue weighted by atomic mass is 9.92. The highest BCUT2D eigenvalue weighted by Gasteiger charge is 2.31. The summed E-state index contributed by atoms with van der Waals surface area (Å²) in [7, 11) is 0. The molecule has 2 aromatic carbocycles. The van der Waals surface area contributed by atoms with Crippen LogP contribution in [-0.2, 0) is 18.9 Å². The Labute approximate surface area is 181 Å². The Hall–Kier alpha value is -2.81. The number of hydrogen-bond donors (Lipinski definition) is 1. The summed E-state index contributed by atoms with van der Waals surface area (Å²) < 4.78 is 77.6. The number of rotatable bonds is 4. The quantitative estimate of drug-likeness (QED) is 0.458. The molecule has 3 aromatic rings. The third-order valence-electron chi connectivity index (χ3n) is 5.77. The molecular formula is C23H21F6N3. The number of benzene rings is 2. The topological polar surface area (TPSA) is 31.9 Å². The molecule has 3 nitrogen and oxygen atoms in total. The van der Waals surface area contributed by atoms with E-state index < -0.39 is 23.5 Å². The van der Waals surface area contributed by atoms with E-state index in [9.17, 15) is 26.3 Å². The summed E-state index contributed by atoms with van der Waals surface area (Å²) in [5, 5.41) is 7.14. The van der Waals surface area contributed by atoms with Gasteiger partial charge in [0.2, 0.25) is 0 Å². The zero-order valence-electron chi connectivity index (χ0n) is 17.0. The van der Waals surface area contributed by atoms with Crippen LogP contribution in [0.2, 0.25) is 0 Å². The number of alkyl halides is 6. The lowest BCUT2D eigenvalue weighted by molar-refractivity contribution is -0.138. The molecule has 0 aliphatic carbocycles. The standard InChI is InChI=1S/C23H21F6N3/c24-22(25,26)18-5-1-3-15(11-18)14-32-9-7-16(8-10-32)20-13-21(31-30-20)17-4-2-6-19(12-17)23(27,28)29/h1-6,11-13,16H,7-10,14H2,(H,30,31). The second kappa shape index (κ2) is 8.61. The molecule has 4 rings (SSSR count). The maximum absolute atomic E-state index is 13.0. The molecule has 1 aliphatic heterocycles. The van der Waals surface area contributed by atoms with Gasteiger partial charge in [-0.25, -0.2) is 0 Å². The summed E-state index contributed by atoms with van der Waals surface area (Å²) in [5.74, 6) is 0.166. The van der Waals surface area contributed by atoms with Crippen molar-refractivity contribution in [1.29, 1.82) is 0 Å². The molecule has 0 unspecified atom stereocenters. The van der Waals surface area contributed by atoms with Crippen LogP contribution < -0.4 is 0 Å². The highest BCUT2D eigenvalue weighted by Crippen LogP contribution is 2.34. The summed E-state index contributed by atoms with van der Waals surface area (Å²) in [6.07, 6.45) is -7.21. The number of piperidine rings is 1. The number of H-pyrrole nitrogens is 1. The monoisotopic (exact) mass is 453 g/mol. The lowest BCUT2D eigenvalue weighted by Gasteiger charge is -2.31. The minimum absolute atomic E-state index is 0.166. The Morgan fingerprint density at radius 3 is 2.12 bits per heavy atom. The van der Waals surface area contributed by atoms with Gasteiger partial charge >= 0.3 is 12.4 Å². The summed E-state index contributed by atoms with van der Waals surface area (Å²) in [6.45, 7) is 1.85. The van der Waals surface area contributed by atoms with Crippen LogP contribution in [0.1, 0.15) is 41.1 Å². The Bertz CT molecular complexity index is 1060. The fourth-order valence-corrected chi connectivity index (χ4v) is 4.05. The van der Waals surface area contributed by atoms with Crippen LogP contribution >= 0.6 is 0 Å². The Morgan fingerprint density at radius 1 is 0.844 bits per heavy atom. The maximum atomic E-state index is 13.0. The van der Waals surface area contributed by atoms with Crippen molar-refractivity contribution in [3.05, 3.63) is 77.0 Å². The first-order valence-electron chi connectivity index (χ1n) is 10.2. The van der Waals surface area contributed by atoms with Gasteiger partial charge in [-0.2, -0.15) is 31.4 Å². The van der Waals surface area contributed by atoms with E-state index in [2.05, 4.69) is 15.1 Å². The molecule has 9 heteroatoms. The van der Waals surface area contributed by atoms with Crippen molar-refractivity contribution < 1.29 is 26.3 Å². The van der Waals surface area contributed by atoms with Crippen molar-refractivity contribution in [3.63, 3.8) is 0 Å². The average Bonchev–Trinajstić information content (AvgIpc) is 3.24. The number of likely N-dealkylation sites (tertiary alicyclic amines) is 1. The Morgan fingerprint density at radius 2 is 1.47 bits per heavy atom. The molecule has 1 N–H and O–H groups in total. The Balaban J connectivity index is 1.38. The molecule has 0 saturated carbocycles. The van der Waals surface area contributed by atoms with Gasteiger partial charge in [-0.15, -0.1) is 0 Å². The van der Waals surface area contributed by atoms with E-state index in [0.717, 1.165) is 36.7 Å². The van der Waals surface area contributed by atoms with Crippen molar-refractivity contribution in [1.82, 2.24) is 15.1 Å². The normalized spacial score (nSPS) is 16.4. The largest absolute Gasteiger partial charge is 0.416 e. The zero-order valence-corrected chi connectivity index (χ0v) is 17.0. The van der Waals surface area contributed by atoms with Gasteiger partial charge in [-0.05, 0) is 55.8 Å². The van der Waals surface area contributed by atoms with Crippen LogP contribution in [0, 0.1) is 0 Å². The minimum atomic E-state index is -4.42. The summed E-state index contributed by atoms with van der Waals surface area (Å²) >= 11 is 0. The molecular weight excluding hydrogens is 432 g/mol. The Kier molecular flexibility index (Phi) is 6.03. The molecule has 1 aliphatic rings. The van der Waals surface area contributed by atoms with Gasteiger partial charge in [0, 0.05) is 23.7 Å². The van der Waals surface area contributed by atoms with Gasteiger partial charge in [-0.1, -0.05) is 30.3 Å². The molecule has 1 aromatic heterocycles. The molecule has 0 atom stereocenters. The SMILES string of the molecule is FC(F)(F)c1cccc(CN2CCC(c3cc(-c4cccc(C(F)(F)F)c4)n[nH]3)CC2)c1. The van der Waals surface area contributed by atoms with E-state index >= 15 is 0 Å². The van der Waals surface area contributed by atoms with Crippen LogP contribution in [0.25, 0.3) is 11.3 Å². The first-order valence-corrected chi connectivity index (χ1v) is 10.2. The molecule has 0 spiro atoms. The van der Waals surface area contributed by atoms with Crippen molar-refractivity contribution in [2.75, 3.05) is 13.1 Å². The first kappa shape index (κ1) is 22.4. The number of nitrogens with one attached hydrogen (secondary N) is 1. The van der Waals surface area contributed by atoms with Gasteiger partial charge < -0.3 is 0 Å². The second-order valence-corrected chi connectivity index (χ2v) is 8.04. The summed E-state index contributed by atoms with van der Waals surface area (Å²) in [6, 6.07) is 12.2. The van der Waals surface area contributed by atoms with E-state index in [0.29, 0.717) is 36.5 Å². The van der Waals surface area contributed by atoms with Gasteiger partial charge in [0.15, 0.2) is 0 Å². The molecule has 0 amide bonds. The van der Waals surface area contributed by atoms with Crippen molar-refractivity contribution in [2.45, 2.75) is 37.7 Å². The van der Waals surface area contributed by atoms with Crippen LogP contribution in [0.3, 0.4) is 0 Å². The fraction of sp³-hybridized carbons (Fsp3) is 0.348. The van der Waals surface area contributed by atoms with Crippen molar-refractivity contribution in [2.24, 2.45) is 0 Å². The number of hydrogen-bond acceptors (Lipinski definition) is 2. The predicted octanol–water partition coefficient (Wildman–Crippen LogP) is 6.49. The van der Waals surface area contributed by atoms with Crippen LogP contribution in [0.15, 0.2) is 54.6 Å². The van der Waals surface area contributed by atoms with Crippen LogP contribution in [-0.4, -0.2) is 28.2 Å². The minimum Gasteiger partial charge on any atom is -0.299 e. The third-order valence-corrected chi connectivity index (χ3v) is 5.77. The van der Waals surface area contributed by atoms with Crippen LogP contribution in [0.5, 0.6) is 0 Å². The zero-order chi connectivity index (χ0) is 22.9. The highest BCUT2D eigenvalue weighted by molar-refractivity contribution is 5.60. The van der Waals surface area contributed by atoms with Gasteiger partial charge in [0.25, 0.3) is 0 Å². The van der Waals surface area contributed by atoms with Gasteiger partial charge in [-0.3, -0.25) is 10.00 Å². The molecule has 1 fully saturated rings. The second-order valence-electron chi connectivity index (χ2n) is 8.04. The third kappa shape index (κ3) is 5.15. The smallest absolute Gasteiger partial charge is 0.299 e. The highest BCUT2D eigenvalue weighted by atomic mass is 19.4. The molecule has 2 heterocycles.